The summed E-state index contributed by atoms with van der Waals surface area (Å²) in [6, 6.07) is 7.12. The summed E-state index contributed by atoms with van der Waals surface area (Å²) in [6.45, 7) is 4.32. The molecule has 142 valence electrons. The molecule has 2 aromatic rings. The maximum absolute atomic E-state index is 12.3. The first-order chi connectivity index (χ1) is 13.1. The second-order valence-corrected chi connectivity index (χ2v) is 5.66. The minimum Gasteiger partial charge on any atom is -0.493 e. The molecule has 0 aliphatic rings. The van der Waals surface area contributed by atoms with Crippen molar-refractivity contribution in [2.75, 3.05) is 27.3 Å². The molecule has 27 heavy (non-hydrogen) atoms. The van der Waals surface area contributed by atoms with E-state index in [0.717, 1.165) is 5.56 Å². The molecule has 0 radical (unpaired) electrons. The van der Waals surface area contributed by atoms with Crippen molar-refractivity contribution in [1.29, 1.82) is 0 Å². The van der Waals surface area contributed by atoms with E-state index in [4.69, 9.17) is 9.47 Å². The Balaban J connectivity index is 1.94. The van der Waals surface area contributed by atoms with Crippen LogP contribution in [0.15, 0.2) is 49.3 Å². The van der Waals surface area contributed by atoms with Crippen LogP contribution < -0.4 is 20.1 Å². The Morgan fingerprint density at radius 3 is 2.33 bits per heavy atom. The van der Waals surface area contributed by atoms with Crippen LogP contribution in [0.4, 0.5) is 0 Å². The van der Waals surface area contributed by atoms with Gasteiger partial charge in [0.2, 0.25) is 0 Å². The quantitative estimate of drug-likeness (QED) is 0.660. The number of hydrogen-bond acceptors (Lipinski definition) is 5. The summed E-state index contributed by atoms with van der Waals surface area (Å²) < 4.78 is 10.5. The molecule has 2 amide bonds. The van der Waals surface area contributed by atoms with Gasteiger partial charge in [-0.25, -0.2) is 0 Å². The number of methoxy groups -OCH3 is 2. The van der Waals surface area contributed by atoms with Crippen molar-refractivity contribution in [1.82, 2.24) is 15.6 Å². The third-order valence-corrected chi connectivity index (χ3v) is 3.82. The molecule has 0 saturated heterocycles. The number of benzene rings is 1. The van der Waals surface area contributed by atoms with Gasteiger partial charge in [-0.05, 0) is 30.2 Å². The molecule has 0 spiro atoms. The van der Waals surface area contributed by atoms with Crippen LogP contribution in [-0.2, 0) is 6.42 Å². The van der Waals surface area contributed by atoms with Crippen LogP contribution in [0, 0.1) is 0 Å². The summed E-state index contributed by atoms with van der Waals surface area (Å²) >= 11 is 0. The number of pyridine rings is 1. The topological polar surface area (TPSA) is 89.6 Å². The minimum atomic E-state index is -0.303. The fourth-order valence-electron chi connectivity index (χ4n) is 2.41. The molecule has 7 nitrogen and oxygen atoms in total. The first-order valence-corrected chi connectivity index (χ1v) is 8.42. The normalized spacial score (nSPS) is 10.0. The van der Waals surface area contributed by atoms with Crippen LogP contribution in [-0.4, -0.2) is 44.1 Å². The van der Waals surface area contributed by atoms with Crippen LogP contribution >= 0.6 is 0 Å². The molecule has 2 N–H and O–H groups in total. The molecule has 0 aliphatic carbocycles. The number of nitrogens with zero attached hydrogens (tertiary/aromatic N) is 1. The highest BCUT2D eigenvalue weighted by atomic mass is 16.5. The molecule has 2 rings (SSSR count). The van der Waals surface area contributed by atoms with E-state index in [1.54, 1.807) is 20.3 Å². The molecule has 0 bridgehead atoms. The molecule has 0 aliphatic heterocycles. The lowest BCUT2D eigenvalue weighted by Crippen LogP contribution is -2.27. The lowest BCUT2D eigenvalue weighted by Gasteiger charge is -2.10. The minimum absolute atomic E-state index is 0.290. The highest BCUT2D eigenvalue weighted by molar-refractivity contribution is 5.99. The molecular weight excluding hydrogens is 346 g/mol. The predicted octanol–water partition coefficient (Wildman–Crippen LogP) is 1.99. The van der Waals surface area contributed by atoms with Gasteiger partial charge in [0.05, 0.1) is 25.3 Å². The van der Waals surface area contributed by atoms with Crippen molar-refractivity contribution in [3.63, 3.8) is 0 Å². The van der Waals surface area contributed by atoms with E-state index >= 15 is 0 Å². The lowest BCUT2D eigenvalue weighted by atomic mass is 10.1. The highest BCUT2D eigenvalue weighted by Crippen LogP contribution is 2.27. The van der Waals surface area contributed by atoms with E-state index in [2.05, 4.69) is 22.2 Å². The monoisotopic (exact) mass is 369 g/mol. The Labute approximate surface area is 158 Å². The van der Waals surface area contributed by atoms with Crippen LogP contribution in [0.3, 0.4) is 0 Å². The SMILES string of the molecule is C=CCNC(=O)c1cncc(C(=O)NCCc2ccc(OC)c(OC)c2)c1. The third-order valence-electron chi connectivity index (χ3n) is 3.82. The molecule has 1 aromatic heterocycles. The number of carbonyl (C=O) groups excluding carboxylic acids is 2. The van der Waals surface area contributed by atoms with Crippen molar-refractivity contribution in [3.8, 4) is 11.5 Å². The highest BCUT2D eigenvalue weighted by Gasteiger charge is 2.11. The average molecular weight is 369 g/mol. The Hall–Kier alpha value is -3.35. The van der Waals surface area contributed by atoms with Crippen LogP contribution in [0.5, 0.6) is 11.5 Å². The van der Waals surface area contributed by atoms with Crippen molar-refractivity contribution >= 4 is 11.8 Å². The number of aromatic nitrogens is 1. The van der Waals surface area contributed by atoms with E-state index in [-0.39, 0.29) is 11.8 Å². The number of amides is 2. The standard InChI is InChI=1S/C20H23N3O4/c1-4-8-22-19(24)15-11-16(13-21-12-15)20(25)23-9-7-14-5-6-17(26-2)18(10-14)27-3/h4-6,10-13H,1,7-9H2,2-3H3,(H,22,24)(H,23,25). The molecular formula is C20H23N3O4. The maximum Gasteiger partial charge on any atom is 0.253 e. The Morgan fingerprint density at radius 2 is 1.70 bits per heavy atom. The van der Waals surface area contributed by atoms with Crippen LogP contribution in [0.1, 0.15) is 26.3 Å². The number of hydrogen-bond donors (Lipinski definition) is 2. The second kappa shape index (κ2) is 9.96. The molecule has 0 fully saturated rings. The van der Waals surface area contributed by atoms with Gasteiger partial charge in [0.15, 0.2) is 11.5 Å². The Kier molecular flexibility index (Phi) is 7.37. The predicted molar refractivity (Wildman–Crippen MR) is 102 cm³/mol. The molecule has 1 heterocycles. The fourth-order valence-corrected chi connectivity index (χ4v) is 2.41. The first kappa shape index (κ1) is 20.0. The molecule has 0 unspecified atom stereocenters. The van der Waals surface area contributed by atoms with E-state index < -0.39 is 0 Å². The van der Waals surface area contributed by atoms with Crippen LogP contribution in [0.2, 0.25) is 0 Å². The maximum atomic E-state index is 12.3. The van der Waals surface area contributed by atoms with Gasteiger partial charge in [-0.2, -0.15) is 0 Å². The molecule has 0 atom stereocenters. The van der Waals surface area contributed by atoms with Gasteiger partial charge in [0.1, 0.15) is 0 Å². The summed E-state index contributed by atoms with van der Waals surface area (Å²) in [5.41, 5.74) is 1.65. The van der Waals surface area contributed by atoms with Crippen molar-refractivity contribution in [2.24, 2.45) is 0 Å². The summed E-state index contributed by atoms with van der Waals surface area (Å²) in [7, 11) is 3.16. The summed E-state index contributed by atoms with van der Waals surface area (Å²) in [6.07, 6.45) is 5.05. The van der Waals surface area contributed by atoms with Gasteiger partial charge >= 0.3 is 0 Å². The van der Waals surface area contributed by atoms with Crippen molar-refractivity contribution in [2.45, 2.75) is 6.42 Å². The zero-order chi connectivity index (χ0) is 19.6. The smallest absolute Gasteiger partial charge is 0.253 e. The van der Waals surface area contributed by atoms with Crippen molar-refractivity contribution < 1.29 is 19.1 Å². The second-order valence-electron chi connectivity index (χ2n) is 5.66. The van der Waals surface area contributed by atoms with Gasteiger partial charge in [-0.15, -0.1) is 6.58 Å². The molecule has 0 saturated carbocycles. The third kappa shape index (κ3) is 5.57. The van der Waals surface area contributed by atoms with Crippen LogP contribution in [0.25, 0.3) is 0 Å². The first-order valence-electron chi connectivity index (χ1n) is 8.42. The van der Waals surface area contributed by atoms with Gasteiger partial charge in [0.25, 0.3) is 11.8 Å². The fraction of sp³-hybridized carbons (Fsp3) is 0.250. The molecule has 1 aromatic carbocycles. The zero-order valence-electron chi connectivity index (χ0n) is 15.5. The number of rotatable bonds is 9. The number of carbonyl (C=O) groups is 2. The van der Waals surface area contributed by atoms with Gasteiger partial charge in [-0.3, -0.25) is 14.6 Å². The number of ether oxygens (including phenoxy) is 2. The summed E-state index contributed by atoms with van der Waals surface area (Å²) in [5.74, 6) is 0.704. The average Bonchev–Trinajstić information content (AvgIpc) is 2.71. The van der Waals surface area contributed by atoms with E-state index in [1.165, 1.54) is 18.5 Å². The lowest BCUT2D eigenvalue weighted by molar-refractivity contribution is 0.0953. The van der Waals surface area contributed by atoms with Crippen molar-refractivity contribution in [3.05, 3.63) is 66.0 Å². The van der Waals surface area contributed by atoms with Gasteiger partial charge in [-0.1, -0.05) is 12.1 Å². The van der Waals surface area contributed by atoms with E-state index in [1.807, 2.05) is 18.2 Å². The Bertz CT molecular complexity index is 821. The largest absolute Gasteiger partial charge is 0.493 e. The number of nitrogens with one attached hydrogen (secondary N) is 2. The molecule has 7 heteroatoms. The zero-order valence-corrected chi connectivity index (χ0v) is 15.5. The van der Waals surface area contributed by atoms with Gasteiger partial charge in [0, 0.05) is 25.5 Å². The Morgan fingerprint density at radius 1 is 1.04 bits per heavy atom. The summed E-state index contributed by atoms with van der Waals surface area (Å²) in [4.78, 5) is 28.2. The van der Waals surface area contributed by atoms with Gasteiger partial charge < -0.3 is 20.1 Å². The van der Waals surface area contributed by atoms with E-state index in [9.17, 15) is 9.59 Å². The summed E-state index contributed by atoms with van der Waals surface area (Å²) in [5, 5.41) is 5.47. The van der Waals surface area contributed by atoms with E-state index in [0.29, 0.717) is 42.1 Å².